The van der Waals surface area contributed by atoms with E-state index >= 15 is 0 Å². The molecule has 0 radical (unpaired) electrons. The number of hydrogen-bond donors (Lipinski definition) is 2. The monoisotopic (exact) mass is 302 g/mol. The number of rotatable bonds is 4. The van der Waals surface area contributed by atoms with Gasteiger partial charge in [-0.25, -0.2) is 4.99 Å². The number of nitrogens with zero attached hydrogens (tertiary/aromatic N) is 2. The van der Waals surface area contributed by atoms with Gasteiger partial charge in [0.25, 0.3) is 0 Å². The van der Waals surface area contributed by atoms with E-state index in [2.05, 4.69) is 22.4 Å². The Kier molecular flexibility index (Phi) is 5.06. The van der Waals surface area contributed by atoms with E-state index in [1.165, 1.54) is 0 Å². The molecule has 1 aromatic carbocycles. The van der Waals surface area contributed by atoms with Gasteiger partial charge in [-0.15, -0.1) is 0 Å². The first-order chi connectivity index (χ1) is 10.3. The molecule has 1 saturated heterocycles. The smallest absolute Gasteiger partial charge is 0.222 e. The van der Waals surface area contributed by atoms with Crippen LogP contribution in [0, 0.1) is 0 Å². The Labute approximate surface area is 132 Å². The number of benzene rings is 1. The van der Waals surface area contributed by atoms with E-state index in [0.29, 0.717) is 25.5 Å². The van der Waals surface area contributed by atoms with E-state index in [1.807, 2.05) is 37.8 Å². The van der Waals surface area contributed by atoms with Gasteiger partial charge in [-0.3, -0.25) is 4.79 Å². The third-order valence-corrected chi connectivity index (χ3v) is 3.47. The van der Waals surface area contributed by atoms with Crippen molar-refractivity contribution in [3.05, 3.63) is 35.4 Å². The van der Waals surface area contributed by atoms with Crippen LogP contribution in [0.15, 0.2) is 29.3 Å². The van der Waals surface area contributed by atoms with Crippen molar-refractivity contribution in [3.63, 3.8) is 0 Å². The summed E-state index contributed by atoms with van der Waals surface area (Å²) in [6.07, 6.45) is 1.65. The second-order valence-corrected chi connectivity index (χ2v) is 6.82. The largest absolute Gasteiger partial charge is 0.370 e. The van der Waals surface area contributed by atoms with Crippen LogP contribution in [0.4, 0.5) is 0 Å². The predicted octanol–water partition coefficient (Wildman–Crippen LogP) is 2.01. The van der Waals surface area contributed by atoms with Gasteiger partial charge >= 0.3 is 0 Å². The summed E-state index contributed by atoms with van der Waals surface area (Å²) in [4.78, 5) is 18.0. The summed E-state index contributed by atoms with van der Waals surface area (Å²) in [5, 5.41) is 3.14. The van der Waals surface area contributed by atoms with Crippen LogP contribution >= 0.6 is 0 Å². The van der Waals surface area contributed by atoms with Crippen molar-refractivity contribution < 1.29 is 4.79 Å². The van der Waals surface area contributed by atoms with E-state index in [9.17, 15) is 4.79 Å². The minimum absolute atomic E-state index is 0.0917. The van der Waals surface area contributed by atoms with E-state index in [4.69, 9.17) is 5.73 Å². The lowest BCUT2D eigenvalue weighted by Gasteiger charge is -2.21. The summed E-state index contributed by atoms with van der Waals surface area (Å²) < 4.78 is 0. The second kappa shape index (κ2) is 6.81. The topological polar surface area (TPSA) is 70.7 Å². The Balaban J connectivity index is 1.96. The lowest BCUT2D eigenvalue weighted by Crippen LogP contribution is -2.44. The summed E-state index contributed by atoms with van der Waals surface area (Å²) in [5.74, 6) is 0.703. The number of hydrogen-bond acceptors (Lipinski definition) is 2. The fourth-order valence-corrected chi connectivity index (χ4v) is 2.52. The van der Waals surface area contributed by atoms with Crippen LogP contribution in [-0.2, 0) is 17.9 Å². The molecule has 5 nitrogen and oxygen atoms in total. The molecule has 0 bridgehead atoms. The first kappa shape index (κ1) is 16.3. The first-order valence-corrected chi connectivity index (χ1v) is 7.77. The zero-order chi connectivity index (χ0) is 16.2. The minimum atomic E-state index is -0.0917. The van der Waals surface area contributed by atoms with Crippen molar-refractivity contribution in [2.75, 3.05) is 6.54 Å². The Morgan fingerprint density at radius 3 is 2.73 bits per heavy atom. The van der Waals surface area contributed by atoms with E-state index < -0.39 is 0 Å². The lowest BCUT2D eigenvalue weighted by molar-refractivity contribution is -0.128. The molecular weight excluding hydrogens is 276 g/mol. The fraction of sp³-hybridized carbons (Fsp3) is 0.529. The molecule has 0 aliphatic carbocycles. The highest BCUT2D eigenvalue weighted by Crippen LogP contribution is 2.15. The number of nitrogens with two attached hydrogens (primary N) is 1. The molecule has 1 aliphatic heterocycles. The Morgan fingerprint density at radius 1 is 1.36 bits per heavy atom. The molecule has 1 aromatic rings. The molecule has 3 N–H and O–H groups in total. The van der Waals surface area contributed by atoms with Gasteiger partial charge in [-0.1, -0.05) is 24.3 Å². The van der Waals surface area contributed by atoms with Gasteiger partial charge in [0.15, 0.2) is 5.96 Å². The quantitative estimate of drug-likeness (QED) is 0.660. The predicted molar refractivity (Wildman–Crippen MR) is 89.3 cm³/mol. The van der Waals surface area contributed by atoms with Crippen LogP contribution in [0.2, 0.25) is 0 Å². The third-order valence-electron chi connectivity index (χ3n) is 3.47. The molecule has 2 rings (SSSR count). The van der Waals surface area contributed by atoms with Crippen molar-refractivity contribution in [3.8, 4) is 0 Å². The molecule has 0 spiro atoms. The number of amides is 1. The molecule has 0 saturated carbocycles. The summed E-state index contributed by atoms with van der Waals surface area (Å²) in [7, 11) is 0. The van der Waals surface area contributed by atoms with Crippen LogP contribution in [0.5, 0.6) is 0 Å². The van der Waals surface area contributed by atoms with Gasteiger partial charge in [0, 0.05) is 25.0 Å². The van der Waals surface area contributed by atoms with Crippen molar-refractivity contribution >= 4 is 11.9 Å². The van der Waals surface area contributed by atoms with Gasteiger partial charge in [0.1, 0.15) is 0 Å². The normalized spacial score (nSPS) is 16.2. The van der Waals surface area contributed by atoms with E-state index in [-0.39, 0.29) is 11.4 Å². The van der Waals surface area contributed by atoms with Gasteiger partial charge in [-0.2, -0.15) is 0 Å². The average Bonchev–Trinajstić information content (AvgIpc) is 2.81. The number of carbonyl (C=O) groups excluding carboxylic acids is 1. The Bertz CT molecular complexity index is 560. The highest BCUT2D eigenvalue weighted by atomic mass is 16.2. The van der Waals surface area contributed by atoms with Crippen molar-refractivity contribution in [2.24, 2.45) is 10.7 Å². The number of aliphatic imine (C=N–C) groups is 1. The van der Waals surface area contributed by atoms with Crippen LogP contribution < -0.4 is 11.1 Å². The highest BCUT2D eigenvalue weighted by molar-refractivity contribution is 5.78. The maximum Gasteiger partial charge on any atom is 0.222 e. The van der Waals surface area contributed by atoms with E-state index in [1.54, 1.807) is 0 Å². The number of nitrogens with one attached hydrogen (secondary N) is 1. The summed E-state index contributed by atoms with van der Waals surface area (Å²) in [6.45, 7) is 8.22. The summed E-state index contributed by atoms with van der Waals surface area (Å²) in [6, 6.07) is 8.19. The van der Waals surface area contributed by atoms with E-state index in [0.717, 1.165) is 24.1 Å². The van der Waals surface area contributed by atoms with Crippen molar-refractivity contribution in [1.29, 1.82) is 0 Å². The van der Waals surface area contributed by atoms with Gasteiger partial charge in [0.05, 0.1) is 6.54 Å². The molecule has 1 fully saturated rings. The Morgan fingerprint density at radius 2 is 2.09 bits per heavy atom. The molecule has 1 aliphatic rings. The van der Waals surface area contributed by atoms with Crippen LogP contribution in [0.25, 0.3) is 0 Å². The molecular formula is C17H26N4O. The highest BCUT2D eigenvalue weighted by Gasteiger charge is 2.19. The van der Waals surface area contributed by atoms with Gasteiger partial charge in [-0.05, 0) is 38.3 Å². The van der Waals surface area contributed by atoms with Gasteiger partial charge in [0.2, 0.25) is 5.91 Å². The number of carbonyl (C=O) groups is 1. The zero-order valence-corrected chi connectivity index (χ0v) is 13.7. The molecule has 0 atom stereocenters. The summed E-state index contributed by atoms with van der Waals surface area (Å²) >= 11 is 0. The zero-order valence-electron chi connectivity index (χ0n) is 13.7. The van der Waals surface area contributed by atoms with Gasteiger partial charge < -0.3 is 16.0 Å². The molecule has 1 amide bonds. The minimum Gasteiger partial charge on any atom is -0.370 e. The third kappa shape index (κ3) is 5.06. The number of likely N-dealkylation sites (tertiary alicyclic amines) is 1. The first-order valence-electron chi connectivity index (χ1n) is 7.77. The molecule has 0 unspecified atom stereocenters. The van der Waals surface area contributed by atoms with Crippen molar-refractivity contribution in [1.82, 2.24) is 10.2 Å². The maximum atomic E-state index is 11.7. The van der Waals surface area contributed by atoms with Crippen LogP contribution in [-0.4, -0.2) is 28.9 Å². The van der Waals surface area contributed by atoms with Crippen LogP contribution in [0.3, 0.4) is 0 Å². The van der Waals surface area contributed by atoms with Crippen molar-refractivity contribution in [2.45, 2.75) is 52.2 Å². The van der Waals surface area contributed by atoms with Crippen LogP contribution in [0.1, 0.15) is 44.7 Å². The maximum absolute atomic E-state index is 11.7. The summed E-state index contributed by atoms with van der Waals surface area (Å²) in [5.41, 5.74) is 8.03. The SMILES string of the molecule is CC(C)(C)NC(N)=NCc1cccc(CN2CCCC2=O)c1. The lowest BCUT2D eigenvalue weighted by atomic mass is 10.1. The molecule has 120 valence electrons. The second-order valence-electron chi connectivity index (χ2n) is 6.82. The molecule has 22 heavy (non-hydrogen) atoms. The molecule has 1 heterocycles. The fourth-order valence-electron chi connectivity index (χ4n) is 2.52. The Hall–Kier alpha value is -2.04. The molecule has 5 heteroatoms. The molecule has 0 aromatic heterocycles. The number of guanidine groups is 1. The average molecular weight is 302 g/mol. The standard InChI is InChI=1S/C17H26N4O/c1-17(2,3)20-16(18)19-11-13-6-4-7-14(10-13)12-21-9-5-8-15(21)22/h4,6-7,10H,5,8-9,11-12H2,1-3H3,(H3,18,19,20).